The van der Waals surface area contributed by atoms with Crippen molar-refractivity contribution in [2.24, 2.45) is 5.92 Å². The Kier molecular flexibility index (Phi) is 6.02. The zero-order chi connectivity index (χ0) is 14.4. The molecule has 20 heavy (non-hydrogen) atoms. The molecule has 0 aliphatic carbocycles. The number of likely N-dealkylation sites (N-methyl/N-ethyl adjacent to an activating group) is 1. The zero-order valence-corrected chi connectivity index (χ0v) is 12.8. The van der Waals surface area contributed by atoms with Crippen LogP contribution in [0.5, 0.6) is 0 Å². The minimum absolute atomic E-state index is 0.251. The van der Waals surface area contributed by atoms with Crippen LogP contribution >= 0.6 is 0 Å². The maximum absolute atomic E-state index is 10.4. The van der Waals surface area contributed by atoms with E-state index in [-0.39, 0.29) is 12.0 Å². The average molecular weight is 276 g/mol. The second-order valence-corrected chi connectivity index (χ2v) is 6.14. The first-order valence-corrected chi connectivity index (χ1v) is 7.80. The first kappa shape index (κ1) is 15.5. The molecular formula is C17H28N2O. The third kappa shape index (κ3) is 4.58. The summed E-state index contributed by atoms with van der Waals surface area (Å²) in [6.07, 6.45) is 2.34. The highest BCUT2D eigenvalue weighted by Gasteiger charge is 2.18. The van der Waals surface area contributed by atoms with Crippen LogP contribution in [0.25, 0.3) is 0 Å². The molecule has 1 aromatic carbocycles. The van der Waals surface area contributed by atoms with E-state index in [9.17, 15) is 5.11 Å². The van der Waals surface area contributed by atoms with Crippen LogP contribution in [0.2, 0.25) is 0 Å². The smallest absolute Gasteiger partial charge is 0.0827 e. The Balaban J connectivity index is 1.73. The zero-order valence-electron chi connectivity index (χ0n) is 12.8. The molecule has 112 valence electrons. The Morgan fingerprint density at radius 3 is 2.50 bits per heavy atom. The SMILES string of the molecule is CC(CN(C)CCN1CCCC1)C(O)c1ccccc1. The lowest BCUT2D eigenvalue weighted by molar-refractivity contribution is 0.0926. The first-order chi connectivity index (χ1) is 9.66. The summed E-state index contributed by atoms with van der Waals surface area (Å²) in [5.74, 6) is 0.251. The molecule has 2 atom stereocenters. The number of aliphatic hydroxyl groups is 1. The Bertz CT molecular complexity index is 376. The van der Waals surface area contributed by atoms with Crippen molar-refractivity contribution >= 4 is 0 Å². The van der Waals surface area contributed by atoms with Crippen molar-refractivity contribution < 1.29 is 5.11 Å². The second kappa shape index (κ2) is 7.77. The third-order valence-electron chi connectivity index (χ3n) is 4.28. The Morgan fingerprint density at radius 2 is 1.85 bits per heavy atom. The first-order valence-electron chi connectivity index (χ1n) is 7.80. The van der Waals surface area contributed by atoms with Gasteiger partial charge in [0, 0.05) is 19.6 Å². The molecule has 0 saturated carbocycles. The van der Waals surface area contributed by atoms with Gasteiger partial charge in [-0.2, -0.15) is 0 Å². The van der Waals surface area contributed by atoms with Crippen molar-refractivity contribution in [2.75, 3.05) is 39.8 Å². The lowest BCUT2D eigenvalue weighted by Crippen LogP contribution is -2.34. The molecule has 3 nitrogen and oxygen atoms in total. The van der Waals surface area contributed by atoms with E-state index in [2.05, 4.69) is 23.8 Å². The van der Waals surface area contributed by atoms with Gasteiger partial charge in [0.15, 0.2) is 0 Å². The van der Waals surface area contributed by atoms with Gasteiger partial charge in [-0.1, -0.05) is 37.3 Å². The summed E-state index contributed by atoms with van der Waals surface area (Å²) in [7, 11) is 2.16. The number of benzene rings is 1. The Morgan fingerprint density at radius 1 is 1.20 bits per heavy atom. The quantitative estimate of drug-likeness (QED) is 0.828. The maximum Gasteiger partial charge on any atom is 0.0827 e. The molecule has 1 N–H and O–H groups in total. The summed E-state index contributed by atoms with van der Waals surface area (Å²) < 4.78 is 0. The molecule has 1 aromatic rings. The summed E-state index contributed by atoms with van der Waals surface area (Å²) in [5, 5.41) is 10.4. The van der Waals surface area contributed by atoms with E-state index in [1.807, 2.05) is 30.3 Å². The molecule has 1 fully saturated rings. The molecule has 3 heteroatoms. The summed E-state index contributed by atoms with van der Waals surface area (Å²) in [5.41, 5.74) is 1.02. The van der Waals surface area contributed by atoms with E-state index < -0.39 is 0 Å². The van der Waals surface area contributed by atoms with Gasteiger partial charge in [-0.25, -0.2) is 0 Å². The van der Waals surface area contributed by atoms with Crippen LogP contribution in [0.3, 0.4) is 0 Å². The summed E-state index contributed by atoms with van der Waals surface area (Å²) in [6.45, 7) is 7.83. The van der Waals surface area contributed by atoms with Crippen LogP contribution < -0.4 is 0 Å². The highest BCUT2D eigenvalue weighted by molar-refractivity contribution is 5.17. The summed E-state index contributed by atoms with van der Waals surface area (Å²) in [4.78, 5) is 4.88. The van der Waals surface area contributed by atoms with E-state index in [1.54, 1.807) is 0 Å². The number of hydrogen-bond acceptors (Lipinski definition) is 3. The van der Waals surface area contributed by atoms with Gasteiger partial charge in [-0.3, -0.25) is 0 Å². The lowest BCUT2D eigenvalue weighted by Gasteiger charge is -2.26. The van der Waals surface area contributed by atoms with Crippen molar-refractivity contribution in [2.45, 2.75) is 25.9 Å². The molecule has 2 rings (SSSR count). The second-order valence-electron chi connectivity index (χ2n) is 6.14. The van der Waals surface area contributed by atoms with E-state index in [0.29, 0.717) is 0 Å². The maximum atomic E-state index is 10.4. The van der Waals surface area contributed by atoms with E-state index in [1.165, 1.54) is 25.9 Å². The largest absolute Gasteiger partial charge is 0.388 e. The van der Waals surface area contributed by atoms with Gasteiger partial charge in [0.25, 0.3) is 0 Å². The van der Waals surface area contributed by atoms with Crippen LogP contribution in [0.15, 0.2) is 30.3 Å². The van der Waals surface area contributed by atoms with Gasteiger partial charge in [-0.15, -0.1) is 0 Å². The topological polar surface area (TPSA) is 26.7 Å². The molecule has 2 unspecified atom stereocenters. The lowest BCUT2D eigenvalue weighted by atomic mass is 9.97. The van der Waals surface area contributed by atoms with Crippen molar-refractivity contribution in [1.82, 2.24) is 9.80 Å². The molecule has 1 aliphatic rings. The molecule has 0 bridgehead atoms. The van der Waals surface area contributed by atoms with Gasteiger partial charge < -0.3 is 14.9 Å². The molecule has 0 radical (unpaired) electrons. The van der Waals surface area contributed by atoms with Crippen molar-refractivity contribution in [3.8, 4) is 0 Å². The predicted octanol–water partition coefficient (Wildman–Crippen LogP) is 2.38. The van der Waals surface area contributed by atoms with Crippen LogP contribution in [0, 0.1) is 5.92 Å². The number of aliphatic hydroxyl groups excluding tert-OH is 1. The fourth-order valence-corrected chi connectivity index (χ4v) is 2.98. The Hall–Kier alpha value is -0.900. The summed E-state index contributed by atoms with van der Waals surface area (Å²) >= 11 is 0. The minimum Gasteiger partial charge on any atom is -0.388 e. The molecule has 0 amide bonds. The van der Waals surface area contributed by atoms with Crippen LogP contribution in [0.4, 0.5) is 0 Å². The fraction of sp³-hybridized carbons (Fsp3) is 0.647. The van der Waals surface area contributed by atoms with E-state index >= 15 is 0 Å². The van der Waals surface area contributed by atoms with Gasteiger partial charge in [0.05, 0.1) is 6.10 Å². The third-order valence-corrected chi connectivity index (χ3v) is 4.28. The molecule has 0 aromatic heterocycles. The van der Waals surface area contributed by atoms with Crippen molar-refractivity contribution in [3.05, 3.63) is 35.9 Å². The van der Waals surface area contributed by atoms with Gasteiger partial charge in [-0.05, 0) is 44.5 Å². The average Bonchev–Trinajstić information content (AvgIpc) is 2.98. The highest BCUT2D eigenvalue weighted by Crippen LogP contribution is 2.22. The fourth-order valence-electron chi connectivity index (χ4n) is 2.98. The number of rotatable bonds is 7. The molecule has 1 heterocycles. The summed E-state index contributed by atoms with van der Waals surface area (Å²) in [6, 6.07) is 9.98. The predicted molar refractivity (Wildman–Crippen MR) is 83.7 cm³/mol. The highest BCUT2D eigenvalue weighted by atomic mass is 16.3. The number of hydrogen-bond donors (Lipinski definition) is 1. The van der Waals surface area contributed by atoms with E-state index in [4.69, 9.17) is 0 Å². The Labute approximate surface area is 123 Å². The standard InChI is InChI=1S/C17H28N2O/c1-15(17(20)16-8-4-3-5-9-16)14-18(2)12-13-19-10-6-7-11-19/h3-5,8-9,15,17,20H,6-7,10-14H2,1-2H3. The molecular weight excluding hydrogens is 248 g/mol. The van der Waals surface area contributed by atoms with Crippen molar-refractivity contribution in [1.29, 1.82) is 0 Å². The minimum atomic E-state index is -0.370. The normalized spacial score (nSPS) is 19.4. The molecule has 1 saturated heterocycles. The van der Waals surface area contributed by atoms with E-state index in [0.717, 1.165) is 25.2 Å². The number of nitrogens with zero attached hydrogens (tertiary/aromatic N) is 2. The van der Waals surface area contributed by atoms with Gasteiger partial charge in [0.2, 0.25) is 0 Å². The number of likely N-dealkylation sites (tertiary alicyclic amines) is 1. The molecule has 0 spiro atoms. The monoisotopic (exact) mass is 276 g/mol. The van der Waals surface area contributed by atoms with Crippen LogP contribution in [-0.2, 0) is 0 Å². The van der Waals surface area contributed by atoms with Gasteiger partial charge in [0.1, 0.15) is 0 Å². The molecule has 1 aliphatic heterocycles. The van der Waals surface area contributed by atoms with Gasteiger partial charge >= 0.3 is 0 Å². The van der Waals surface area contributed by atoms with Crippen LogP contribution in [-0.4, -0.2) is 54.7 Å². The van der Waals surface area contributed by atoms with Crippen LogP contribution in [0.1, 0.15) is 31.4 Å². The van der Waals surface area contributed by atoms with Crippen molar-refractivity contribution in [3.63, 3.8) is 0 Å².